The zero-order valence-electron chi connectivity index (χ0n) is 16.8. The summed E-state index contributed by atoms with van der Waals surface area (Å²) in [4.78, 5) is -0.568. The zero-order valence-corrected chi connectivity index (χ0v) is 19.2. The Bertz CT molecular complexity index is 1540. The van der Waals surface area contributed by atoms with Gasteiger partial charge >= 0.3 is 0 Å². The SMILES string of the molecule is CS(=O)(=O)c1ccccc1S(=O)(=O)Nc1ccc2[nH]nc(/C=C/c3ccc(Cl)cc3)c2c1. The zero-order chi connectivity index (χ0) is 22.9. The number of anilines is 1. The van der Waals surface area contributed by atoms with E-state index in [4.69, 9.17) is 11.6 Å². The molecule has 0 atom stereocenters. The number of sulfone groups is 1. The van der Waals surface area contributed by atoms with Gasteiger partial charge in [0.15, 0.2) is 9.84 Å². The van der Waals surface area contributed by atoms with E-state index in [0.717, 1.165) is 17.3 Å². The topological polar surface area (TPSA) is 109 Å². The maximum absolute atomic E-state index is 12.9. The Balaban J connectivity index is 1.68. The van der Waals surface area contributed by atoms with Gasteiger partial charge in [0.2, 0.25) is 0 Å². The number of aromatic amines is 1. The lowest BCUT2D eigenvalue weighted by atomic mass is 10.1. The molecule has 10 heteroatoms. The molecule has 3 aromatic carbocycles. The highest BCUT2D eigenvalue weighted by Crippen LogP contribution is 2.26. The van der Waals surface area contributed by atoms with Crippen LogP contribution in [-0.2, 0) is 19.9 Å². The fourth-order valence-electron chi connectivity index (χ4n) is 3.16. The highest BCUT2D eigenvalue weighted by Gasteiger charge is 2.23. The normalized spacial score (nSPS) is 12.4. The van der Waals surface area contributed by atoms with Crippen molar-refractivity contribution in [1.29, 1.82) is 0 Å². The van der Waals surface area contributed by atoms with E-state index in [1.165, 1.54) is 24.3 Å². The van der Waals surface area contributed by atoms with Gasteiger partial charge in [0, 0.05) is 22.4 Å². The van der Waals surface area contributed by atoms with Crippen molar-refractivity contribution in [3.05, 3.63) is 83.0 Å². The largest absolute Gasteiger partial charge is 0.280 e. The van der Waals surface area contributed by atoms with E-state index in [9.17, 15) is 16.8 Å². The second-order valence-electron chi connectivity index (χ2n) is 7.08. The van der Waals surface area contributed by atoms with Crippen molar-refractivity contribution in [3.63, 3.8) is 0 Å². The fourth-order valence-corrected chi connectivity index (χ4v) is 5.97. The molecule has 2 N–H and O–H groups in total. The Morgan fingerprint density at radius 1 is 0.906 bits per heavy atom. The Labute approximate surface area is 190 Å². The number of sulfonamides is 1. The number of fused-ring (bicyclic) bond motifs is 1. The first-order valence-corrected chi connectivity index (χ1v) is 13.1. The van der Waals surface area contributed by atoms with E-state index in [1.807, 2.05) is 18.2 Å². The number of benzene rings is 3. The summed E-state index contributed by atoms with van der Waals surface area (Å²) in [5.41, 5.74) is 2.55. The number of aromatic nitrogens is 2. The van der Waals surface area contributed by atoms with Crippen LogP contribution >= 0.6 is 11.6 Å². The highest BCUT2D eigenvalue weighted by molar-refractivity contribution is 7.95. The molecule has 0 spiro atoms. The highest BCUT2D eigenvalue weighted by atomic mass is 35.5. The lowest BCUT2D eigenvalue weighted by Crippen LogP contribution is -2.16. The molecule has 7 nitrogen and oxygen atoms in total. The average molecular weight is 488 g/mol. The molecule has 0 amide bonds. The third-order valence-corrected chi connectivity index (χ3v) is 7.66. The number of rotatable bonds is 6. The van der Waals surface area contributed by atoms with Crippen LogP contribution in [-0.4, -0.2) is 33.3 Å². The van der Waals surface area contributed by atoms with Crippen molar-refractivity contribution in [1.82, 2.24) is 10.2 Å². The maximum Gasteiger partial charge on any atom is 0.263 e. The van der Waals surface area contributed by atoms with Gasteiger partial charge in [-0.2, -0.15) is 5.10 Å². The molecule has 0 radical (unpaired) electrons. The summed E-state index contributed by atoms with van der Waals surface area (Å²) in [5.74, 6) is 0. The molecule has 0 unspecified atom stereocenters. The monoisotopic (exact) mass is 487 g/mol. The average Bonchev–Trinajstić information content (AvgIpc) is 3.15. The van der Waals surface area contributed by atoms with Crippen molar-refractivity contribution in [3.8, 4) is 0 Å². The van der Waals surface area contributed by atoms with Crippen molar-refractivity contribution >= 4 is 60.2 Å². The first kappa shape index (κ1) is 22.1. The molecule has 0 saturated carbocycles. The first-order chi connectivity index (χ1) is 15.1. The number of nitrogens with one attached hydrogen (secondary N) is 2. The number of hydrogen-bond donors (Lipinski definition) is 2. The summed E-state index contributed by atoms with van der Waals surface area (Å²) >= 11 is 5.91. The lowest BCUT2D eigenvalue weighted by molar-refractivity contribution is 0.588. The first-order valence-electron chi connectivity index (χ1n) is 9.37. The molecule has 4 aromatic rings. The Morgan fingerprint density at radius 3 is 2.28 bits per heavy atom. The van der Waals surface area contributed by atoms with Gasteiger partial charge in [-0.25, -0.2) is 16.8 Å². The van der Waals surface area contributed by atoms with Gasteiger partial charge in [-0.15, -0.1) is 0 Å². The van der Waals surface area contributed by atoms with Crippen LogP contribution in [0.25, 0.3) is 23.1 Å². The minimum Gasteiger partial charge on any atom is -0.280 e. The molecular weight excluding hydrogens is 470 g/mol. The van der Waals surface area contributed by atoms with E-state index >= 15 is 0 Å². The van der Waals surface area contributed by atoms with E-state index in [1.54, 1.807) is 36.4 Å². The summed E-state index contributed by atoms with van der Waals surface area (Å²) < 4.78 is 52.4. The van der Waals surface area contributed by atoms with Crippen LogP contribution in [0.3, 0.4) is 0 Å². The summed E-state index contributed by atoms with van der Waals surface area (Å²) in [6.07, 6.45) is 4.64. The van der Waals surface area contributed by atoms with Crippen LogP contribution in [0.5, 0.6) is 0 Å². The molecule has 0 saturated heterocycles. The molecule has 1 heterocycles. The third-order valence-electron chi connectivity index (χ3n) is 4.69. The Hall–Kier alpha value is -3.14. The second-order valence-corrected chi connectivity index (χ2v) is 11.1. The van der Waals surface area contributed by atoms with Crippen molar-refractivity contribution in [2.24, 2.45) is 0 Å². The van der Waals surface area contributed by atoms with Crippen LogP contribution in [0.2, 0.25) is 5.02 Å². The van der Waals surface area contributed by atoms with Gasteiger partial charge in [0.1, 0.15) is 4.90 Å². The van der Waals surface area contributed by atoms with Gasteiger partial charge in [0.05, 0.1) is 16.1 Å². The van der Waals surface area contributed by atoms with Crippen LogP contribution in [0.15, 0.2) is 76.5 Å². The lowest BCUT2D eigenvalue weighted by Gasteiger charge is -2.11. The van der Waals surface area contributed by atoms with Gasteiger partial charge in [-0.1, -0.05) is 41.9 Å². The molecule has 4 rings (SSSR count). The molecule has 0 fully saturated rings. The van der Waals surface area contributed by atoms with Crippen LogP contribution < -0.4 is 4.72 Å². The molecule has 0 bridgehead atoms. The van der Waals surface area contributed by atoms with Gasteiger partial charge < -0.3 is 0 Å². The van der Waals surface area contributed by atoms with Gasteiger partial charge in [0.25, 0.3) is 10.0 Å². The summed E-state index contributed by atoms with van der Waals surface area (Å²) in [6.45, 7) is 0. The quantitative estimate of drug-likeness (QED) is 0.413. The number of H-pyrrole nitrogens is 1. The summed E-state index contributed by atoms with van der Waals surface area (Å²) in [5, 5.41) is 8.52. The van der Waals surface area contributed by atoms with Crippen LogP contribution in [0.4, 0.5) is 5.69 Å². The molecule has 1 aromatic heterocycles. The Kier molecular flexibility index (Phi) is 5.81. The van der Waals surface area contributed by atoms with Crippen LogP contribution in [0, 0.1) is 0 Å². The minimum absolute atomic E-state index is 0.261. The Morgan fingerprint density at radius 2 is 1.59 bits per heavy atom. The molecule has 0 aliphatic heterocycles. The van der Waals surface area contributed by atoms with Crippen molar-refractivity contribution in [2.45, 2.75) is 9.79 Å². The predicted molar refractivity (Wildman–Crippen MR) is 127 cm³/mol. The van der Waals surface area contributed by atoms with Crippen LogP contribution in [0.1, 0.15) is 11.3 Å². The van der Waals surface area contributed by atoms with E-state index in [-0.39, 0.29) is 15.5 Å². The van der Waals surface area contributed by atoms with Gasteiger partial charge in [-0.3, -0.25) is 9.82 Å². The smallest absolute Gasteiger partial charge is 0.263 e. The summed E-state index contributed by atoms with van der Waals surface area (Å²) in [6, 6.07) is 17.7. The van der Waals surface area contributed by atoms with E-state index in [2.05, 4.69) is 14.9 Å². The molecular formula is C22H18ClN3O4S2. The van der Waals surface area contributed by atoms with Crippen molar-refractivity contribution in [2.75, 3.05) is 11.0 Å². The third kappa shape index (κ3) is 4.69. The molecule has 164 valence electrons. The summed E-state index contributed by atoms with van der Waals surface area (Å²) in [7, 11) is -7.87. The van der Waals surface area contributed by atoms with E-state index in [0.29, 0.717) is 16.1 Å². The van der Waals surface area contributed by atoms with Crippen molar-refractivity contribution < 1.29 is 16.8 Å². The maximum atomic E-state index is 12.9. The molecule has 0 aliphatic carbocycles. The number of nitrogens with zero attached hydrogens (tertiary/aromatic N) is 1. The van der Waals surface area contributed by atoms with Gasteiger partial charge in [-0.05, 0) is 54.1 Å². The second kappa shape index (κ2) is 8.42. The standard InChI is InChI=1S/C22H18ClN3O4S2/c1-31(27,28)21-4-2-3-5-22(21)32(29,30)26-17-11-13-20-18(14-17)19(24-25-20)12-8-15-6-9-16(23)10-7-15/h2-14,26H,1H3,(H,24,25)/b12-8+. The van der Waals surface area contributed by atoms with E-state index < -0.39 is 19.9 Å². The molecule has 0 aliphatic rings. The number of halogens is 1. The predicted octanol–water partition coefficient (Wildman–Crippen LogP) is 4.59. The fraction of sp³-hybridized carbons (Fsp3) is 0.0455. The number of hydrogen-bond acceptors (Lipinski definition) is 5. The minimum atomic E-state index is -4.14. The molecule has 32 heavy (non-hydrogen) atoms.